The normalized spacial score (nSPS) is 16.2. The van der Waals surface area contributed by atoms with E-state index in [2.05, 4.69) is 25.2 Å². The second-order valence-corrected chi connectivity index (χ2v) is 15.2. The first kappa shape index (κ1) is 31.3. The summed E-state index contributed by atoms with van der Waals surface area (Å²) in [5, 5.41) is 0. The Morgan fingerprint density at radius 2 is 1.00 bits per heavy atom. The first-order valence-electron chi connectivity index (χ1n) is 11.9. The summed E-state index contributed by atoms with van der Waals surface area (Å²) in [5.41, 5.74) is 0. The average Bonchev–Trinajstić information content (AvgIpc) is 2.73. The van der Waals surface area contributed by atoms with Crippen molar-refractivity contribution in [2.24, 2.45) is 0 Å². The van der Waals surface area contributed by atoms with Gasteiger partial charge in [0.1, 0.15) is 0 Å². The van der Waals surface area contributed by atoms with Crippen molar-refractivity contribution < 1.29 is 17.7 Å². The molecule has 0 rings (SSSR count). The molecule has 0 aliphatic heterocycles. The van der Waals surface area contributed by atoms with Gasteiger partial charge in [-0.1, -0.05) is 37.1 Å². The summed E-state index contributed by atoms with van der Waals surface area (Å²) in [4.78, 5) is 0. The van der Waals surface area contributed by atoms with Crippen molar-refractivity contribution in [3.05, 3.63) is 24.3 Å². The number of hydrogen-bond acceptors (Lipinski definition) is 4. The molecule has 0 saturated carbocycles. The highest BCUT2D eigenvalue weighted by Crippen LogP contribution is 2.20. The molecular weight excluding hydrogens is 467 g/mol. The quantitative estimate of drug-likeness (QED) is 0.0648. The Labute approximate surface area is 204 Å². The van der Waals surface area contributed by atoms with Crippen LogP contribution < -0.4 is 0 Å². The van der Waals surface area contributed by atoms with Crippen LogP contribution in [0, 0.1) is 0 Å². The summed E-state index contributed by atoms with van der Waals surface area (Å²) in [6.07, 6.45) is 15.9. The fourth-order valence-corrected chi connectivity index (χ4v) is 8.55. The zero-order valence-corrected chi connectivity index (χ0v) is 23.8. The third-order valence-electron chi connectivity index (χ3n) is 5.02. The zero-order valence-electron chi connectivity index (χ0n) is 20.3. The van der Waals surface area contributed by atoms with E-state index < -0.39 is 17.1 Å². The number of halogens is 2. The molecule has 4 nitrogen and oxygen atoms in total. The van der Waals surface area contributed by atoms with Crippen LogP contribution in [0.5, 0.6) is 0 Å². The topological polar surface area (TPSA) is 36.9 Å². The summed E-state index contributed by atoms with van der Waals surface area (Å²) in [6.45, 7) is 11.3. The molecule has 2 unspecified atom stereocenters. The van der Waals surface area contributed by atoms with Crippen LogP contribution in [0.1, 0.15) is 58.8 Å². The molecule has 0 saturated heterocycles. The monoisotopic (exact) mass is 512 g/mol. The van der Waals surface area contributed by atoms with Crippen LogP contribution in [0.15, 0.2) is 24.3 Å². The summed E-state index contributed by atoms with van der Waals surface area (Å²) in [7, 11) is -4.22. The highest BCUT2D eigenvalue weighted by molar-refractivity contribution is 6.66. The molecule has 0 fully saturated rings. The minimum atomic E-state index is -2.11. The van der Waals surface area contributed by atoms with Gasteiger partial charge in [0.15, 0.2) is 0 Å². The molecule has 0 radical (unpaired) electrons. The molecule has 2 atom stereocenters. The van der Waals surface area contributed by atoms with E-state index in [-0.39, 0.29) is 0 Å². The Balaban J connectivity index is 4.21. The molecule has 184 valence electrons. The smallest absolute Gasteiger partial charge is 0.334 e. The number of alkyl halides is 2. The van der Waals surface area contributed by atoms with Crippen LogP contribution in [-0.4, -0.2) is 55.3 Å². The lowest BCUT2D eigenvalue weighted by molar-refractivity contribution is 0.144. The minimum Gasteiger partial charge on any atom is -0.395 e. The van der Waals surface area contributed by atoms with Crippen LogP contribution in [0.25, 0.3) is 0 Å². The van der Waals surface area contributed by atoms with Gasteiger partial charge in [-0.25, -0.2) is 0 Å². The van der Waals surface area contributed by atoms with Gasteiger partial charge >= 0.3 is 17.1 Å². The van der Waals surface area contributed by atoms with Gasteiger partial charge in [-0.05, 0) is 71.1 Å². The highest BCUT2D eigenvalue weighted by atomic mass is 35.5. The van der Waals surface area contributed by atoms with Gasteiger partial charge in [0, 0.05) is 38.2 Å². The standard InChI is InChI=1S/C23H46Cl2O4Si2/c1-5-26-30(3,22-15-11-7-9-13-18-24)28-20-17-21-29-31(4,27-6-2)23-16-12-8-10-14-19-25/h9-10,13-14H,5-8,11-12,15-23H2,1-4H3/b13-9+,14-10+. The van der Waals surface area contributed by atoms with Crippen molar-refractivity contribution >= 4 is 40.3 Å². The maximum Gasteiger partial charge on any atom is 0.334 e. The highest BCUT2D eigenvalue weighted by Gasteiger charge is 2.32. The van der Waals surface area contributed by atoms with Crippen molar-refractivity contribution in [2.75, 3.05) is 38.2 Å². The fraction of sp³-hybridized carbons (Fsp3) is 0.826. The summed E-state index contributed by atoms with van der Waals surface area (Å²) >= 11 is 11.3. The fourth-order valence-electron chi connectivity index (χ4n) is 3.40. The zero-order chi connectivity index (χ0) is 23.3. The number of rotatable bonds is 22. The lowest BCUT2D eigenvalue weighted by Crippen LogP contribution is -2.40. The molecule has 0 N–H and O–H groups in total. The van der Waals surface area contributed by atoms with Gasteiger partial charge in [0.05, 0.1) is 0 Å². The van der Waals surface area contributed by atoms with Gasteiger partial charge in [-0.3, -0.25) is 0 Å². The second-order valence-electron chi connectivity index (χ2n) is 7.93. The molecule has 0 amide bonds. The molecule has 0 aromatic carbocycles. The average molecular weight is 514 g/mol. The first-order chi connectivity index (χ1) is 14.9. The molecule has 0 aliphatic rings. The SMILES string of the molecule is CCO[Si](C)(CCCC/C=C/CCl)OCCCO[Si](C)(CCCC/C=C/CCl)OCC. The molecule has 0 bridgehead atoms. The van der Waals surface area contributed by atoms with Crippen LogP contribution in [0.4, 0.5) is 0 Å². The third kappa shape index (κ3) is 18.4. The summed E-state index contributed by atoms with van der Waals surface area (Å²) < 4.78 is 24.6. The Morgan fingerprint density at radius 1 is 0.581 bits per heavy atom. The van der Waals surface area contributed by atoms with E-state index in [9.17, 15) is 0 Å². The largest absolute Gasteiger partial charge is 0.395 e. The predicted octanol–water partition coefficient (Wildman–Crippen LogP) is 7.56. The second kappa shape index (κ2) is 20.9. The number of allylic oxidation sites excluding steroid dienone is 4. The van der Waals surface area contributed by atoms with Crippen molar-refractivity contribution in [3.8, 4) is 0 Å². The Hall–Kier alpha value is 0.334. The van der Waals surface area contributed by atoms with Crippen LogP contribution in [0.2, 0.25) is 25.2 Å². The molecule has 8 heteroatoms. The maximum absolute atomic E-state index is 6.26. The lowest BCUT2D eigenvalue weighted by Gasteiger charge is -2.28. The van der Waals surface area contributed by atoms with E-state index in [0.717, 1.165) is 57.0 Å². The third-order valence-corrected chi connectivity index (χ3v) is 11.3. The Morgan fingerprint density at radius 3 is 1.35 bits per heavy atom. The van der Waals surface area contributed by atoms with E-state index in [0.29, 0.717) is 38.2 Å². The molecule has 0 heterocycles. The molecule has 0 spiro atoms. The maximum atomic E-state index is 6.26. The van der Waals surface area contributed by atoms with E-state index >= 15 is 0 Å². The van der Waals surface area contributed by atoms with Crippen LogP contribution in [0.3, 0.4) is 0 Å². The van der Waals surface area contributed by atoms with Crippen molar-refractivity contribution in [3.63, 3.8) is 0 Å². The number of hydrogen-bond donors (Lipinski definition) is 0. The Kier molecular flexibility index (Phi) is 21.1. The van der Waals surface area contributed by atoms with E-state index in [1.54, 1.807) is 0 Å². The molecular formula is C23H46Cl2O4Si2. The molecule has 0 aliphatic carbocycles. The van der Waals surface area contributed by atoms with E-state index in [1.165, 1.54) is 0 Å². The number of unbranched alkanes of at least 4 members (excludes halogenated alkanes) is 4. The van der Waals surface area contributed by atoms with Crippen molar-refractivity contribution in [1.29, 1.82) is 0 Å². The van der Waals surface area contributed by atoms with Gasteiger partial charge in [-0.15, -0.1) is 23.2 Å². The van der Waals surface area contributed by atoms with Crippen LogP contribution >= 0.6 is 23.2 Å². The van der Waals surface area contributed by atoms with Gasteiger partial charge in [0.2, 0.25) is 0 Å². The van der Waals surface area contributed by atoms with Gasteiger partial charge in [0.25, 0.3) is 0 Å². The van der Waals surface area contributed by atoms with Crippen molar-refractivity contribution in [2.45, 2.75) is 84.0 Å². The van der Waals surface area contributed by atoms with Crippen molar-refractivity contribution in [1.82, 2.24) is 0 Å². The van der Waals surface area contributed by atoms with Gasteiger partial charge in [-0.2, -0.15) is 0 Å². The molecule has 0 aromatic rings. The summed E-state index contributed by atoms with van der Waals surface area (Å²) in [5.74, 6) is 1.18. The lowest BCUT2D eigenvalue weighted by atomic mass is 10.2. The van der Waals surface area contributed by atoms with Gasteiger partial charge < -0.3 is 17.7 Å². The van der Waals surface area contributed by atoms with E-state index in [4.69, 9.17) is 40.9 Å². The molecule has 0 aromatic heterocycles. The Bertz CT molecular complexity index is 429. The summed E-state index contributed by atoms with van der Waals surface area (Å²) in [6, 6.07) is 2.06. The molecule has 31 heavy (non-hydrogen) atoms. The van der Waals surface area contributed by atoms with E-state index in [1.807, 2.05) is 26.0 Å². The minimum absolute atomic E-state index is 0.591. The van der Waals surface area contributed by atoms with Crippen LogP contribution in [-0.2, 0) is 17.7 Å². The predicted molar refractivity (Wildman–Crippen MR) is 140 cm³/mol. The first-order valence-corrected chi connectivity index (χ1v) is 18.0.